The molecule has 0 aromatic heterocycles. The van der Waals surface area contributed by atoms with Crippen LogP contribution in [0.15, 0.2) is 34.3 Å². The zero-order chi connectivity index (χ0) is 21.3. The maximum atomic E-state index is 13.2. The molecule has 0 bridgehead atoms. The Labute approximate surface area is 156 Å². The smallest absolute Gasteiger partial charge is 0.423 e. The Morgan fingerprint density at radius 1 is 1.12 bits per heavy atom. The summed E-state index contributed by atoms with van der Waals surface area (Å²) in [6.07, 6.45) is -2.98. The van der Waals surface area contributed by atoms with E-state index >= 15 is 0 Å². The maximum Gasteiger partial charge on any atom is 0.423 e. The Hall–Kier alpha value is -1.72. The highest BCUT2D eigenvalue weighted by molar-refractivity contribution is 6.12. The summed E-state index contributed by atoms with van der Waals surface area (Å²) in [4.78, 5) is 12.5. The Bertz CT molecular complexity index is 568. The number of halogens is 3. The molecule has 0 amide bonds. The van der Waals surface area contributed by atoms with E-state index in [0.717, 1.165) is 12.8 Å². The first-order valence-electron chi connectivity index (χ1n) is 8.92. The molecule has 0 spiro atoms. The summed E-state index contributed by atoms with van der Waals surface area (Å²) in [5, 5.41) is 2.92. The quantitative estimate of drug-likeness (QED) is 0.659. The molecule has 152 valence electrons. The Morgan fingerprint density at radius 3 is 1.92 bits per heavy atom. The van der Waals surface area contributed by atoms with Gasteiger partial charge in [-0.15, -0.1) is 0 Å². The van der Waals surface area contributed by atoms with Gasteiger partial charge in [-0.05, 0) is 13.8 Å². The number of Topliss-reactive ketones (excluding diaryl/α,β-unsaturated/α-hetero) is 1. The van der Waals surface area contributed by atoms with Crippen molar-refractivity contribution < 1.29 is 22.7 Å². The second-order valence-electron chi connectivity index (χ2n) is 5.96. The number of ether oxygens (including phenoxy) is 1. The van der Waals surface area contributed by atoms with Gasteiger partial charge in [-0.1, -0.05) is 53.2 Å². The van der Waals surface area contributed by atoms with Gasteiger partial charge in [-0.2, -0.15) is 13.2 Å². The topological polar surface area (TPSA) is 38.3 Å². The van der Waals surface area contributed by atoms with E-state index in [2.05, 4.69) is 5.32 Å². The van der Waals surface area contributed by atoms with Crippen molar-refractivity contribution in [3.63, 3.8) is 0 Å². The molecular formula is C20H34F3NO2. The number of nitrogens with one attached hydrogen (secondary N) is 1. The fraction of sp³-hybridized carbons (Fsp3) is 0.650. The summed E-state index contributed by atoms with van der Waals surface area (Å²) >= 11 is 0. The van der Waals surface area contributed by atoms with Crippen LogP contribution in [-0.2, 0) is 9.53 Å². The second kappa shape index (κ2) is 11.1. The summed E-state index contributed by atoms with van der Waals surface area (Å²) in [6, 6.07) is 0. The molecule has 0 aromatic carbocycles. The van der Waals surface area contributed by atoms with Gasteiger partial charge < -0.3 is 10.1 Å². The van der Waals surface area contributed by atoms with E-state index in [1.54, 1.807) is 40.8 Å². The molecule has 0 atom stereocenters. The van der Waals surface area contributed by atoms with Crippen LogP contribution in [0.5, 0.6) is 0 Å². The largest absolute Gasteiger partial charge is 0.500 e. The molecule has 1 aliphatic carbocycles. The van der Waals surface area contributed by atoms with E-state index in [1.807, 2.05) is 27.7 Å². The molecule has 0 saturated carbocycles. The summed E-state index contributed by atoms with van der Waals surface area (Å²) in [5.74, 6) is -1.32. The Morgan fingerprint density at radius 2 is 1.58 bits per heavy atom. The van der Waals surface area contributed by atoms with Crippen LogP contribution in [0.2, 0.25) is 0 Å². The van der Waals surface area contributed by atoms with Crippen LogP contribution in [0, 0.1) is 5.41 Å². The van der Waals surface area contributed by atoms with Crippen molar-refractivity contribution in [2.75, 3.05) is 14.2 Å². The van der Waals surface area contributed by atoms with E-state index in [1.165, 1.54) is 0 Å². The SMILES string of the molecule is CC.CC.CN/C(C)=C/C(C)(C)C1=C(C)CC(OC)=C(C(F)(F)F)C1=O. The number of hydrogen-bond acceptors (Lipinski definition) is 3. The fourth-order valence-electron chi connectivity index (χ4n) is 2.85. The average molecular weight is 377 g/mol. The molecular weight excluding hydrogens is 343 g/mol. The molecule has 0 heterocycles. The number of methoxy groups -OCH3 is 1. The van der Waals surface area contributed by atoms with Gasteiger partial charge in [0.1, 0.15) is 11.3 Å². The van der Waals surface area contributed by atoms with Gasteiger partial charge in [0.2, 0.25) is 0 Å². The molecule has 0 radical (unpaired) electrons. The minimum absolute atomic E-state index is 0.0116. The van der Waals surface area contributed by atoms with Crippen LogP contribution in [0.1, 0.15) is 61.8 Å². The molecule has 0 aliphatic heterocycles. The third-order valence-corrected chi connectivity index (χ3v) is 3.73. The number of allylic oxidation sites excluding steroid dienone is 5. The Balaban J connectivity index is 0. The van der Waals surface area contributed by atoms with E-state index in [4.69, 9.17) is 4.74 Å². The number of carbonyl (C=O) groups excluding carboxylic acids is 1. The molecule has 6 heteroatoms. The van der Waals surface area contributed by atoms with E-state index in [0.29, 0.717) is 5.57 Å². The standard InChI is InChI=1S/C16H22F3NO2.2C2H6/c1-9-7-11(22-6)13(16(17,18)19)14(21)12(9)15(3,4)8-10(2)20-5;2*1-2/h8,20H,7H2,1-6H3;2*1-2H3/b10-8+;;. The van der Waals surface area contributed by atoms with Crippen LogP contribution in [0.25, 0.3) is 0 Å². The van der Waals surface area contributed by atoms with Crippen LogP contribution < -0.4 is 5.32 Å². The molecule has 0 unspecified atom stereocenters. The van der Waals surface area contributed by atoms with Crippen molar-refractivity contribution in [2.45, 2.75) is 68.0 Å². The molecule has 0 saturated heterocycles. The highest BCUT2D eigenvalue weighted by Gasteiger charge is 2.47. The number of hydrogen-bond donors (Lipinski definition) is 1. The molecule has 1 rings (SSSR count). The summed E-state index contributed by atoms with van der Waals surface area (Å²) in [7, 11) is 2.87. The summed E-state index contributed by atoms with van der Waals surface area (Å²) in [5.41, 5.74) is -0.452. The van der Waals surface area contributed by atoms with Crippen LogP contribution >= 0.6 is 0 Å². The molecule has 3 nitrogen and oxygen atoms in total. The monoisotopic (exact) mass is 377 g/mol. The van der Waals surface area contributed by atoms with Gasteiger partial charge in [0.15, 0.2) is 5.78 Å². The predicted octanol–water partition coefficient (Wildman–Crippen LogP) is 5.94. The number of alkyl halides is 3. The fourth-order valence-corrected chi connectivity index (χ4v) is 2.85. The number of rotatable bonds is 4. The maximum absolute atomic E-state index is 13.2. The molecule has 1 aliphatic rings. The first-order chi connectivity index (χ1) is 12.0. The van der Waals surface area contributed by atoms with Crippen molar-refractivity contribution in [1.29, 1.82) is 0 Å². The Kier molecular flexibility index (Phi) is 11.3. The van der Waals surface area contributed by atoms with Crippen LogP contribution in [0.4, 0.5) is 13.2 Å². The van der Waals surface area contributed by atoms with Gasteiger partial charge in [0.05, 0.1) is 7.11 Å². The third kappa shape index (κ3) is 6.54. The third-order valence-electron chi connectivity index (χ3n) is 3.73. The lowest BCUT2D eigenvalue weighted by molar-refractivity contribution is -0.128. The summed E-state index contributed by atoms with van der Waals surface area (Å²) < 4.78 is 44.5. The van der Waals surface area contributed by atoms with Crippen molar-refractivity contribution in [2.24, 2.45) is 5.41 Å². The van der Waals surface area contributed by atoms with Crippen molar-refractivity contribution in [3.05, 3.63) is 34.3 Å². The molecule has 26 heavy (non-hydrogen) atoms. The lowest BCUT2D eigenvalue weighted by atomic mass is 9.73. The molecule has 0 aromatic rings. The van der Waals surface area contributed by atoms with Gasteiger partial charge >= 0.3 is 6.18 Å². The van der Waals surface area contributed by atoms with Crippen molar-refractivity contribution in [3.8, 4) is 0 Å². The zero-order valence-corrected chi connectivity index (χ0v) is 17.7. The minimum atomic E-state index is -4.73. The molecule has 1 N–H and O–H groups in total. The normalized spacial score (nSPS) is 15.7. The van der Waals surface area contributed by atoms with E-state index in [9.17, 15) is 18.0 Å². The highest BCUT2D eigenvalue weighted by atomic mass is 19.4. The highest BCUT2D eigenvalue weighted by Crippen LogP contribution is 2.43. The minimum Gasteiger partial charge on any atom is -0.500 e. The van der Waals surface area contributed by atoms with Gasteiger partial charge in [-0.3, -0.25) is 4.79 Å². The van der Waals surface area contributed by atoms with Gasteiger partial charge in [-0.25, -0.2) is 0 Å². The van der Waals surface area contributed by atoms with Crippen molar-refractivity contribution >= 4 is 5.78 Å². The average Bonchev–Trinajstić information content (AvgIpc) is 2.55. The van der Waals surface area contributed by atoms with Gasteiger partial charge in [0.25, 0.3) is 0 Å². The van der Waals surface area contributed by atoms with E-state index in [-0.39, 0.29) is 17.8 Å². The predicted molar refractivity (Wildman–Crippen MR) is 102 cm³/mol. The van der Waals surface area contributed by atoms with Crippen LogP contribution in [-0.4, -0.2) is 26.1 Å². The lowest BCUT2D eigenvalue weighted by Gasteiger charge is -2.32. The second-order valence-corrected chi connectivity index (χ2v) is 5.96. The zero-order valence-electron chi connectivity index (χ0n) is 17.7. The van der Waals surface area contributed by atoms with Crippen molar-refractivity contribution in [1.82, 2.24) is 5.32 Å². The first kappa shape index (κ1) is 26.5. The number of carbonyl (C=O) groups is 1. The first-order valence-corrected chi connectivity index (χ1v) is 8.92. The lowest BCUT2D eigenvalue weighted by Crippen LogP contribution is -2.33. The number of ketones is 1. The van der Waals surface area contributed by atoms with E-state index < -0.39 is 22.9 Å². The summed E-state index contributed by atoms with van der Waals surface area (Å²) in [6.45, 7) is 14.9. The molecule has 0 fully saturated rings. The van der Waals surface area contributed by atoms with Crippen LogP contribution in [0.3, 0.4) is 0 Å². The van der Waals surface area contributed by atoms with Gasteiger partial charge in [0, 0.05) is 30.2 Å².